The Hall–Kier alpha value is -2.40. The summed E-state index contributed by atoms with van der Waals surface area (Å²) in [7, 11) is 0. The Balaban J connectivity index is 1.55. The van der Waals surface area contributed by atoms with Gasteiger partial charge in [-0.15, -0.1) is 0 Å². The molecule has 0 saturated heterocycles. The largest absolute Gasteiger partial charge is 0.396 e. The summed E-state index contributed by atoms with van der Waals surface area (Å²) in [6.45, 7) is 2.63. The Labute approximate surface area is 142 Å². The highest BCUT2D eigenvalue weighted by atomic mass is 16.3. The second kappa shape index (κ2) is 7.01. The number of nitrogens with one attached hydrogen (secondary N) is 2. The number of aliphatic hydroxyl groups excluding tert-OH is 1. The third-order valence-corrected chi connectivity index (χ3v) is 4.69. The number of rotatable bonds is 6. The normalized spacial score (nSPS) is 16.2. The van der Waals surface area contributed by atoms with Gasteiger partial charge in [0.2, 0.25) is 0 Å². The fourth-order valence-electron chi connectivity index (χ4n) is 2.67. The molecule has 24 heavy (non-hydrogen) atoms. The molecule has 1 atom stereocenters. The lowest BCUT2D eigenvalue weighted by Crippen LogP contribution is -2.40. The van der Waals surface area contributed by atoms with E-state index in [0.717, 1.165) is 29.5 Å². The zero-order valence-corrected chi connectivity index (χ0v) is 13.8. The first-order valence-corrected chi connectivity index (χ1v) is 8.27. The van der Waals surface area contributed by atoms with Crippen molar-refractivity contribution in [2.75, 3.05) is 13.2 Å². The number of hydrogen-bond donors (Lipinski definition) is 3. The molecule has 1 aliphatic rings. The van der Waals surface area contributed by atoms with Crippen molar-refractivity contribution in [3.63, 3.8) is 0 Å². The van der Waals surface area contributed by atoms with E-state index in [2.05, 4.69) is 15.6 Å². The number of nitrogens with zero attached hydrogens (tertiary/aromatic N) is 1. The zero-order valence-electron chi connectivity index (χ0n) is 13.8. The van der Waals surface area contributed by atoms with Gasteiger partial charge in [0.1, 0.15) is 0 Å². The van der Waals surface area contributed by atoms with E-state index in [9.17, 15) is 9.90 Å². The van der Waals surface area contributed by atoms with Gasteiger partial charge < -0.3 is 15.7 Å². The molecule has 0 spiro atoms. The second-order valence-corrected chi connectivity index (χ2v) is 6.56. The quantitative estimate of drug-likeness (QED) is 0.764. The van der Waals surface area contributed by atoms with E-state index in [1.165, 1.54) is 0 Å². The monoisotopic (exact) mass is 325 g/mol. The third-order valence-electron chi connectivity index (χ3n) is 4.69. The molecule has 0 radical (unpaired) electrons. The first-order valence-electron chi connectivity index (χ1n) is 8.27. The van der Waals surface area contributed by atoms with Crippen molar-refractivity contribution in [1.82, 2.24) is 15.6 Å². The fraction of sp³-hybridized carbons (Fsp3) is 0.368. The maximum atomic E-state index is 12.0. The van der Waals surface area contributed by atoms with Crippen LogP contribution in [0.2, 0.25) is 0 Å². The number of aromatic nitrogens is 1. The fourth-order valence-corrected chi connectivity index (χ4v) is 2.67. The van der Waals surface area contributed by atoms with Gasteiger partial charge in [-0.2, -0.15) is 0 Å². The SMILES string of the molecule is CC(NC(=O)NCC1(CO)CC1)c1ccc(-c2ccncc2)cc1. The van der Waals surface area contributed by atoms with Crippen molar-refractivity contribution in [3.05, 3.63) is 54.4 Å². The molecule has 1 aromatic heterocycles. The third kappa shape index (κ3) is 3.92. The topological polar surface area (TPSA) is 74.2 Å². The van der Waals surface area contributed by atoms with Crippen LogP contribution in [0.4, 0.5) is 4.79 Å². The van der Waals surface area contributed by atoms with Crippen LogP contribution >= 0.6 is 0 Å². The highest BCUT2D eigenvalue weighted by molar-refractivity contribution is 5.74. The van der Waals surface area contributed by atoms with E-state index >= 15 is 0 Å². The molecule has 3 rings (SSSR count). The van der Waals surface area contributed by atoms with Crippen molar-refractivity contribution >= 4 is 6.03 Å². The molecule has 2 amide bonds. The van der Waals surface area contributed by atoms with Crippen LogP contribution in [0.3, 0.4) is 0 Å². The number of amides is 2. The van der Waals surface area contributed by atoms with Crippen molar-refractivity contribution in [3.8, 4) is 11.1 Å². The smallest absolute Gasteiger partial charge is 0.315 e. The van der Waals surface area contributed by atoms with Crippen LogP contribution in [0.25, 0.3) is 11.1 Å². The Morgan fingerprint density at radius 1 is 1.17 bits per heavy atom. The summed E-state index contributed by atoms with van der Waals surface area (Å²) in [5, 5.41) is 15.1. The number of aliphatic hydroxyl groups is 1. The summed E-state index contributed by atoms with van der Waals surface area (Å²) in [6.07, 6.45) is 5.51. The lowest BCUT2D eigenvalue weighted by Gasteiger charge is -2.18. The molecular formula is C19H23N3O2. The van der Waals surface area contributed by atoms with Crippen molar-refractivity contribution in [2.24, 2.45) is 5.41 Å². The van der Waals surface area contributed by atoms with E-state index in [1.807, 2.05) is 43.3 Å². The van der Waals surface area contributed by atoms with Crippen LogP contribution in [0.5, 0.6) is 0 Å². The molecule has 1 heterocycles. The minimum Gasteiger partial charge on any atom is -0.396 e. The molecule has 0 aliphatic heterocycles. The Morgan fingerprint density at radius 2 is 1.79 bits per heavy atom. The van der Waals surface area contributed by atoms with Gasteiger partial charge in [-0.1, -0.05) is 24.3 Å². The van der Waals surface area contributed by atoms with Crippen molar-refractivity contribution < 1.29 is 9.90 Å². The molecule has 5 nitrogen and oxygen atoms in total. The summed E-state index contributed by atoms with van der Waals surface area (Å²) >= 11 is 0. The first kappa shape index (κ1) is 16.5. The standard InChI is InChI=1S/C19H23N3O2/c1-14(22-18(24)21-12-19(13-23)8-9-19)15-2-4-16(5-3-15)17-6-10-20-11-7-17/h2-7,10-11,14,23H,8-9,12-13H2,1H3,(H2,21,22,24). The Bertz CT molecular complexity index is 682. The number of hydrogen-bond acceptors (Lipinski definition) is 3. The van der Waals surface area contributed by atoms with Gasteiger partial charge in [-0.05, 0) is 48.6 Å². The van der Waals surface area contributed by atoms with Gasteiger partial charge in [-0.3, -0.25) is 4.98 Å². The highest BCUT2D eigenvalue weighted by Gasteiger charge is 2.42. The highest BCUT2D eigenvalue weighted by Crippen LogP contribution is 2.44. The lowest BCUT2D eigenvalue weighted by atomic mass is 10.0. The minimum atomic E-state index is -0.194. The number of pyridine rings is 1. The van der Waals surface area contributed by atoms with Gasteiger partial charge in [0.15, 0.2) is 0 Å². The van der Waals surface area contributed by atoms with E-state index in [1.54, 1.807) is 12.4 Å². The summed E-state index contributed by atoms with van der Waals surface area (Å²) in [5.41, 5.74) is 3.21. The molecule has 1 aromatic carbocycles. The summed E-state index contributed by atoms with van der Waals surface area (Å²) in [5.74, 6) is 0. The number of carbonyl (C=O) groups excluding carboxylic acids is 1. The molecule has 126 valence electrons. The number of benzene rings is 1. The summed E-state index contributed by atoms with van der Waals surface area (Å²) in [4.78, 5) is 16.0. The molecule has 1 aliphatic carbocycles. The van der Waals surface area contributed by atoms with E-state index in [0.29, 0.717) is 6.54 Å². The lowest BCUT2D eigenvalue weighted by molar-refractivity contribution is 0.202. The average molecular weight is 325 g/mol. The molecule has 0 bridgehead atoms. The Kier molecular flexibility index (Phi) is 4.81. The van der Waals surface area contributed by atoms with Gasteiger partial charge in [0.05, 0.1) is 12.6 Å². The summed E-state index contributed by atoms with van der Waals surface area (Å²) < 4.78 is 0. The molecule has 1 fully saturated rings. The van der Waals surface area contributed by atoms with E-state index in [-0.39, 0.29) is 24.1 Å². The minimum absolute atomic E-state index is 0.0766. The zero-order chi connectivity index (χ0) is 17.0. The van der Waals surface area contributed by atoms with Gasteiger partial charge >= 0.3 is 6.03 Å². The molecule has 3 N–H and O–H groups in total. The van der Waals surface area contributed by atoms with E-state index < -0.39 is 0 Å². The Morgan fingerprint density at radius 3 is 2.38 bits per heavy atom. The predicted molar refractivity (Wildman–Crippen MR) is 93.4 cm³/mol. The number of carbonyl (C=O) groups is 1. The van der Waals surface area contributed by atoms with Crippen LogP contribution in [0.15, 0.2) is 48.8 Å². The van der Waals surface area contributed by atoms with Gasteiger partial charge in [-0.25, -0.2) is 4.79 Å². The first-order chi connectivity index (χ1) is 11.6. The van der Waals surface area contributed by atoms with Crippen LogP contribution in [-0.4, -0.2) is 29.3 Å². The molecule has 1 saturated carbocycles. The van der Waals surface area contributed by atoms with Crippen LogP contribution in [-0.2, 0) is 0 Å². The molecular weight excluding hydrogens is 302 g/mol. The molecule has 1 unspecified atom stereocenters. The molecule has 5 heteroatoms. The van der Waals surface area contributed by atoms with Gasteiger partial charge in [0, 0.05) is 24.4 Å². The molecule has 2 aromatic rings. The van der Waals surface area contributed by atoms with Gasteiger partial charge in [0.25, 0.3) is 0 Å². The van der Waals surface area contributed by atoms with Crippen LogP contribution < -0.4 is 10.6 Å². The van der Waals surface area contributed by atoms with E-state index in [4.69, 9.17) is 0 Å². The van der Waals surface area contributed by atoms with Crippen LogP contribution in [0, 0.1) is 5.41 Å². The number of urea groups is 1. The maximum Gasteiger partial charge on any atom is 0.315 e. The average Bonchev–Trinajstić information content (AvgIpc) is 3.41. The predicted octanol–water partition coefficient (Wildman–Crippen LogP) is 2.88. The van der Waals surface area contributed by atoms with Crippen molar-refractivity contribution in [1.29, 1.82) is 0 Å². The summed E-state index contributed by atoms with van der Waals surface area (Å²) in [6, 6.07) is 11.8. The van der Waals surface area contributed by atoms with Crippen LogP contribution in [0.1, 0.15) is 31.4 Å². The van der Waals surface area contributed by atoms with Crippen molar-refractivity contribution in [2.45, 2.75) is 25.8 Å². The second-order valence-electron chi connectivity index (χ2n) is 6.56. The maximum absolute atomic E-state index is 12.0.